The van der Waals surface area contributed by atoms with E-state index >= 15 is 0 Å². The first-order chi connectivity index (χ1) is 14.4. The molecule has 0 radical (unpaired) electrons. The standard InChI is InChI=1S/C20H18BrN5O4/c1-29-19(27)11-7-12(20(28)30-2)9-13(8-11)25-17-16(22)18(24-10-23-17)26-15-6-4-3-5-14(15)21/h3-10H,22H2,1-2H3,(H2,23,24,25,26). The number of rotatable bonds is 6. The number of ether oxygens (including phenoxy) is 2. The Kier molecular flexibility index (Phi) is 6.48. The third-order valence-corrected chi connectivity index (χ3v) is 4.74. The van der Waals surface area contributed by atoms with Crippen LogP contribution in [0.3, 0.4) is 0 Å². The van der Waals surface area contributed by atoms with Crippen LogP contribution in [0.2, 0.25) is 0 Å². The Morgan fingerprint density at radius 3 is 2.07 bits per heavy atom. The number of nitrogens with two attached hydrogens (primary N) is 1. The lowest BCUT2D eigenvalue weighted by molar-refractivity contribution is 0.0599. The summed E-state index contributed by atoms with van der Waals surface area (Å²) in [7, 11) is 2.50. The first kappa shape index (κ1) is 21.1. The Hall–Kier alpha value is -3.66. The highest BCUT2D eigenvalue weighted by Gasteiger charge is 2.16. The molecule has 4 N–H and O–H groups in total. The van der Waals surface area contributed by atoms with Crippen LogP contribution in [0.15, 0.2) is 53.3 Å². The molecule has 1 aromatic heterocycles. The molecule has 0 spiro atoms. The van der Waals surface area contributed by atoms with Crippen LogP contribution in [0.25, 0.3) is 0 Å². The van der Waals surface area contributed by atoms with Crippen LogP contribution in [0.5, 0.6) is 0 Å². The Labute approximate surface area is 180 Å². The number of hydrogen-bond donors (Lipinski definition) is 3. The molecule has 0 aliphatic rings. The lowest BCUT2D eigenvalue weighted by atomic mass is 10.1. The van der Waals surface area contributed by atoms with Crippen molar-refractivity contribution in [2.24, 2.45) is 0 Å². The Bertz CT molecular complexity index is 1070. The van der Waals surface area contributed by atoms with Gasteiger partial charge < -0.3 is 25.8 Å². The van der Waals surface area contributed by atoms with Gasteiger partial charge in [-0.05, 0) is 46.3 Å². The highest BCUT2D eigenvalue weighted by atomic mass is 79.9. The zero-order valence-electron chi connectivity index (χ0n) is 16.1. The monoisotopic (exact) mass is 471 g/mol. The third-order valence-electron chi connectivity index (χ3n) is 4.05. The number of para-hydroxylation sites is 1. The van der Waals surface area contributed by atoms with Crippen molar-refractivity contribution >= 4 is 56.6 Å². The summed E-state index contributed by atoms with van der Waals surface area (Å²) >= 11 is 3.46. The number of hydrogen-bond acceptors (Lipinski definition) is 9. The fraction of sp³-hybridized carbons (Fsp3) is 0.100. The summed E-state index contributed by atoms with van der Waals surface area (Å²) in [5.41, 5.74) is 7.98. The first-order valence-corrected chi connectivity index (χ1v) is 9.43. The molecule has 2 aromatic carbocycles. The maximum absolute atomic E-state index is 12.0. The van der Waals surface area contributed by atoms with E-state index in [1.54, 1.807) is 0 Å². The number of aromatic nitrogens is 2. The molecule has 154 valence electrons. The SMILES string of the molecule is COC(=O)c1cc(Nc2ncnc(Nc3ccccc3Br)c2N)cc(C(=O)OC)c1. The minimum Gasteiger partial charge on any atom is -0.465 e. The van der Waals surface area contributed by atoms with Gasteiger partial charge in [-0.2, -0.15) is 0 Å². The maximum Gasteiger partial charge on any atom is 0.337 e. The second-order valence-corrected chi connectivity index (χ2v) is 6.85. The van der Waals surface area contributed by atoms with Crippen LogP contribution in [0, 0.1) is 0 Å². The highest BCUT2D eigenvalue weighted by molar-refractivity contribution is 9.10. The number of carbonyl (C=O) groups excluding carboxylic acids is 2. The van der Waals surface area contributed by atoms with Gasteiger partial charge in [0.05, 0.1) is 31.0 Å². The average Bonchev–Trinajstić information content (AvgIpc) is 2.76. The molecule has 0 aliphatic carbocycles. The minimum absolute atomic E-state index is 0.169. The molecule has 3 aromatic rings. The van der Waals surface area contributed by atoms with Crippen LogP contribution in [0.1, 0.15) is 20.7 Å². The van der Waals surface area contributed by atoms with Crippen LogP contribution < -0.4 is 16.4 Å². The molecule has 3 rings (SSSR count). The topological polar surface area (TPSA) is 128 Å². The van der Waals surface area contributed by atoms with E-state index in [0.717, 1.165) is 10.2 Å². The van der Waals surface area contributed by atoms with Crippen LogP contribution in [0.4, 0.5) is 28.7 Å². The van der Waals surface area contributed by atoms with Gasteiger partial charge in [0.2, 0.25) is 0 Å². The smallest absolute Gasteiger partial charge is 0.337 e. The van der Waals surface area contributed by atoms with Gasteiger partial charge in [-0.25, -0.2) is 19.6 Å². The van der Waals surface area contributed by atoms with Crippen LogP contribution in [-0.4, -0.2) is 36.1 Å². The lowest BCUT2D eigenvalue weighted by Crippen LogP contribution is -2.09. The minimum atomic E-state index is -0.601. The largest absolute Gasteiger partial charge is 0.465 e. The fourth-order valence-corrected chi connectivity index (χ4v) is 2.98. The van der Waals surface area contributed by atoms with Gasteiger partial charge >= 0.3 is 11.9 Å². The summed E-state index contributed by atoms with van der Waals surface area (Å²) in [6, 6.07) is 11.9. The molecule has 0 saturated heterocycles. The normalized spacial score (nSPS) is 10.2. The van der Waals surface area contributed by atoms with Gasteiger partial charge in [0.1, 0.15) is 12.0 Å². The summed E-state index contributed by atoms with van der Waals surface area (Å²) in [4.78, 5) is 32.3. The van der Waals surface area contributed by atoms with Gasteiger partial charge in [0.25, 0.3) is 0 Å². The number of nitrogen functional groups attached to an aromatic ring is 1. The average molecular weight is 472 g/mol. The molecule has 0 unspecified atom stereocenters. The Balaban J connectivity index is 1.95. The fourth-order valence-electron chi connectivity index (χ4n) is 2.59. The third kappa shape index (κ3) is 4.66. The Morgan fingerprint density at radius 1 is 0.933 bits per heavy atom. The molecule has 10 heteroatoms. The van der Waals surface area contributed by atoms with Gasteiger partial charge in [0, 0.05) is 10.2 Å². The van der Waals surface area contributed by atoms with Crippen molar-refractivity contribution in [3.8, 4) is 0 Å². The molecule has 0 saturated carbocycles. The quantitative estimate of drug-likeness (QED) is 0.458. The molecule has 0 fully saturated rings. The van der Waals surface area contributed by atoms with Crippen LogP contribution in [-0.2, 0) is 9.47 Å². The molecule has 1 heterocycles. The van der Waals surface area contributed by atoms with Crippen molar-refractivity contribution in [3.63, 3.8) is 0 Å². The van der Waals surface area contributed by atoms with E-state index in [4.69, 9.17) is 15.2 Å². The zero-order chi connectivity index (χ0) is 21.7. The first-order valence-electron chi connectivity index (χ1n) is 8.63. The number of anilines is 5. The van der Waals surface area contributed by atoms with E-state index in [2.05, 4.69) is 36.5 Å². The second-order valence-electron chi connectivity index (χ2n) is 6.00. The maximum atomic E-state index is 12.0. The van der Waals surface area contributed by atoms with Gasteiger partial charge in [0.15, 0.2) is 11.6 Å². The zero-order valence-corrected chi connectivity index (χ0v) is 17.7. The van der Waals surface area contributed by atoms with E-state index in [1.807, 2.05) is 24.3 Å². The van der Waals surface area contributed by atoms with Crippen molar-refractivity contribution in [1.29, 1.82) is 0 Å². The summed E-state index contributed by atoms with van der Waals surface area (Å²) in [6.45, 7) is 0. The number of methoxy groups -OCH3 is 2. The van der Waals surface area contributed by atoms with E-state index in [0.29, 0.717) is 11.5 Å². The van der Waals surface area contributed by atoms with Crippen LogP contribution >= 0.6 is 15.9 Å². The predicted octanol–water partition coefficient (Wildman–Crippen LogP) is 3.88. The molecule has 9 nitrogen and oxygen atoms in total. The van der Waals surface area contributed by atoms with Gasteiger partial charge in [-0.1, -0.05) is 12.1 Å². The van der Waals surface area contributed by atoms with E-state index in [1.165, 1.54) is 38.7 Å². The van der Waals surface area contributed by atoms with Gasteiger partial charge in [-0.3, -0.25) is 0 Å². The molecule has 30 heavy (non-hydrogen) atoms. The molecule has 0 aliphatic heterocycles. The van der Waals surface area contributed by atoms with E-state index in [9.17, 15) is 9.59 Å². The molecule has 0 bridgehead atoms. The molecular formula is C20H18BrN5O4. The predicted molar refractivity (Wildman–Crippen MR) is 116 cm³/mol. The molecule has 0 amide bonds. The highest BCUT2D eigenvalue weighted by Crippen LogP contribution is 2.31. The lowest BCUT2D eigenvalue weighted by Gasteiger charge is -2.14. The van der Waals surface area contributed by atoms with Crippen molar-refractivity contribution in [2.45, 2.75) is 0 Å². The van der Waals surface area contributed by atoms with Crippen molar-refractivity contribution < 1.29 is 19.1 Å². The second kappa shape index (κ2) is 9.23. The number of halogens is 1. The van der Waals surface area contributed by atoms with Gasteiger partial charge in [-0.15, -0.1) is 0 Å². The number of nitrogens with zero attached hydrogens (tertiary/aromatic N) is 2. The summed E-state index contributed by atoms with van der Waals surface area (Å²) < 4.78 is 10.3. The molecule has 0 atom stereocenters. The van der Waals surface area contributed by atoms with E-state index < -0.39 is 11.9 Å². The summed E-state index contributed by atoms with van der Waals surface area (Å²) in [6.07, 6.45) is 1.34. The van der Waals surface area contributed by atoms with Crippen molar-refractivity contribution in [1.82, 2.24) is 9.97 Å². The van der Waals surface area contributed by atoms with Crippen molar-refractivity contribution in [2.75, 3.05) is 30.6 Å². The molecular weight excluding hydrogens is 454 g/mol. The number of esters is 2. The number of carbonyl (C=O) groups is 2. The summed E-state index contributed by atoms with van der Waals surface area (Å²) in [5, 5.41) is 6.14. The Morgan fingerprint density at radius 2 is 1.50 bits per heavy atom. The number of nitrogens with one attached hydrogen (secondary N) is 2. The van der Waals surface area contributed by atoms with Crippen molar-refractivity contribution in [3.05, 3.63) is 64.4 Å². The summed E-state index contributed by atoms with van der Waals surface area (Å²) in [5.74, 6) is -0.527. The number of benzene rings is 2. The van der Waals surface area contributed by atoms with E-state index in [-0.39, 0.29) is 22.6 Å².